The summed E-state index contributed by atoms with van der Waals surface area (Å²) in [6.45, 7) is 6.59. The minimum atomic E-state index is -0.771. The minimum Gasteiger partial charge on any atom is -0.462 e. The Morgan fingerprint density at radius 2 is 0.596 bits per heavy atom. The second-order valence-corrected chi connectivity index (χ2v) is 16.7. The van der Waals surface area contributed by atoms with Gasteiger partial charge in [-0.2, -0.15) is 0 Å². The van der Waals surface area contributed by atoms with Gasteiger partial charge >= 0.3 is 17.9 Å². The zero-order chi connectivity index (χ0) is 41.5. The van der Waals surface area contributed by atoms with Crippen molar-refractivity contribution in [3.8, 4) is 0 Å². The van der Waals surface area contributed by atoms with Crippen LogP contribution in [0.5, 0.6) is 0 Å². The van der Waals surface area contributed by atoms with E-state index in [0.717, 1.165) is 70.6 Å². The molecule has 0 spiro atoms. The van der Waals surface area contributed by atoms with Crippen LogP contribution in [0, 0.1) is 0 Å². The maximum absolute atomic E-state index is 12.8. The fourth-order valence-electron chi connectivity index (χ4n) is 7.12. The monoisotopic (exact) mass is 803 g/mol. The molecule has 1 atom stereocenters. The summed E-state index contributed by atoms with van der Waals surface area (Å²) in [6.07, 6.45) is 51.5. The summed E-state index contributed by atoms with van der Waals surface area (Å²) in [5.74, 6) is -0.883. The number of hydrogen-bond acceptors (Lipinski definition) is 6. The van der Waals surface area contributed by atoms with Crippen molar-refractivity contribution in [2.75, 3.05) is 13.2 Å². The van der Waals surface area contributed by atoms with E-state index in [-0.39, 0.29) is 31.1 Å². The number of esters is 3. The van der Waals surface area contributed by atoms with Crippen LogP contribution < -0.4 is 0 Å². The number of ether oxygens (including phenoxy) is 3. The first-order chi connectivity index (χ1) is 28.0. The molecule has 0 saturated carbocycles. The van der Waals surface area contributed by atoms with Gasteiger partial charge in [-0.1, -0.05) is 206 Å². The van der Waals surface area contributed by atoms with Gasteiger partial charge < -0.3 is 14.2 Å². The lowest BCUT2D eigenvalue weighted by Crippen LogP contribution is -2.30. The smallest absolute Gasteiger partial charge is 0.306 e. The Morgan fingerprint density at radius 1 is 0.333 bits per heavy atom. The molecule has 0 N–H and O–H groups in total. The zero-order valence-electron chi connectivity index (χ0n) is 38.1. The van der Waals surface area contributed by atoms with Gasteiger partial charge in [-0.05, 0) is 64.2 Å². The molecule has 0 fully saturated rings. The van der Waals surface area contributed by atoms with Gasteiger partial charge in [0.2, 0.25) is 0 Å². The normalized spacial score (nSPS) is 12.1. The van der Waals surface area contributed by atoms with Gasteiger partial charge in [0, 0.05) is 19.3 Å². The standard InChI is InChI=1S/C51H94O6/c1-4-7-10-13-16-19-22-24-25-27-30-33-36-39-42-45-51(54)57-48(46-55-49(52)43-40-37-34-31-28-21-18-15-12-9-6-3)47-56-50(53)44-41-38-35-32-29-26-23-20-17-14-11-8-5-2/h15,18,20,23,48H,4-14,16-17,19,21-22,24-47H2,1-3H3/b18-15-,23-20-/t48-/m0/s1. The third-order valence-electron chi connectivity index (χ3n) is 10.9. The summed E-state index contributed by atoms with van der Waals surface area (Å²) in [4.78, 5) is 37.8. The highest BCUT2D eigenvalue weighted by Crippen LogP contribution is 2.15. The van der Waals surface area contributed by atoms with Crippen molar-refractivity contribution in [1.82, 2.24) is 0 Å². The van der Waals surface area contributed by atoms with Crippen LogP contribution in [0.4, 0.5) is 0 Å². The number of allylic oxidation sites excluding steroid dienone is 4. The van der Waals surface area contributed by atoms with E-state index >= 15 is 0 Å². The van der Waals surface area contributed by atoms with Gasteiger partial charge in [0.25, 0.3) is 0 Å². The molecule has 334 valence electrons. The van der Waals surface area contributed by atoms with Crippen LogP contribution in [0.2, 0.25) is 0 Å². The summed E-state index contributed by atoms with van der Waals surface area (Å²) in [5, 5.41) is 0. The lowest BCUT2D eigenvalue weighted by atomic mass is 10.0. The molecule has 0 heterocycles. The highest BCUT2D eigenvalue weighted by molar-refractivity contribution is 5.71. The third kappa shape index (κ3) is 44.8. The fourth-order valence-corrected chi connectivity index (χ4v) is 7.12. The van der Waals surface area contributed by atoms with E-state index in [1.165, 1.54) is 154 Å². The summed E-state index contributed by atoms with van der Waals surface area (Å²) in [5.41, 5.74) is 0. The van der Waals surface area contributed by atoms with Gasteiger partial charge in [-0.3, -0.25) is 14.4 Å². The molecule has 0 radical (unpaired) electrons. The lowest BCUT2D eigenvalue weighted by molar-refractivity contribution is -0.167. The van der Waals surface area contributed by atoms with Crippen LogP contribution >= 0.6 is 0 Å². The maximum atomic E-state index is 12.8. The molecule has 0 rings (SSSR count). The van der Waals surface area contributed by atoms with Crippen LogP contribution in [0.25, 0.3) is 0 Å². The highest BCUT2D eigenvalue weighted by atomic mass is 16.6. The average molecular weight is 803 g/mol. The van der Waals surface area contributed by atoms with Crippen molar-refractivity contribution in [2.45, 2.75) is 271 Å². The van der Waals surface area contributed by atoms with Crippen LogP contribution in [-0.2, 0) is 28.6 Å². The topological polar surface area (TPSA) is 78.9 Å². The molecule has 6 nitrogen and oxygen atoms in total. The number of unbranched alkanes of at least 4 members (excludes halogenated alkanes) is 30. The summed E-state index contributed by atoms with van der Waals surface area (Å²) in [6, 6.07) is 0. The Morgan fingerprint density at radius 3 is 0.947 bits per heavy atom. The molecule has 0 amide bonds. The molecular formula is C51H94O6. The second-order valence-electron chi connectivity index (χ2n) is 16.7. The van der Waals surface area contributed by atoms with Crippen LogP contribution in [0.1, 0.15) is 265 Å². The van der Waals surface area contributed by atoms with Crippen LogP contribution in [0.3, 0.4) is 0 Å². The van der Waals surface area contributed by atoms with E-state index in [0.29, 0.717) is 19.3 Å². The van der Waals surface area contributed by atoms with Crippen molar-refractivity contribution < 1.29 is 28.6 Å². The summed E-state index contributed by atoms with van der Waals surface area (Å²) < 4.78 is 16.7. The largest absolute Gasteiger partial charge is 0.462 e. The first-order valence-corrected chi connectivity index (χ1v) is 24.8. The lowest BCUT2D eigenvalue weighted by Gasteiger charge is -2.18. The van der Waals surface area contributed by atoms with Crippen LogP contribution in [-0.4, -0.2) is 37.2 Å². The summed E-state index contributed by atoms with van der Waals surface area (Å²) >= 11 is 0. The Kier molecular flexibility index (Phi) is 44.9. The molecule has 0 saturated heterocycles. The van der Waals surface area contributed by atoms with Gasteiger partial charge in [-0.25, -0.2) is 0 Å². The zero-order valence-corrected chi connectivity index (χ0v) is 38.1. The SMILES string of the molecule is CCCC/C=C\CCCCCCCC(=O)OC[C@@H](COC(=O)CCCCCCC/C=C\CCCCCC)OC(=O)CCCCCCCCCCCCCCCCC. The van der Waals surface area contributed by atoms with Crippen molar-refractivity contribution in [2.24, 2.45) is 0 Å². The van der Waals surface area contributed by atoms with Crippen LogP contribution in [0.15, 0.2) is 24.3 Å². The molecule has 0 aromatic carbocycles. The predicted molar refractivity (Wildman–Crippen MR) is 243 cm³/mol. The molecular weight excluding hydrogens is 709 g/mol. The highest BCUT2D eigenvalue weighted by Gasteiger charge is 2.19. The molecule has 0 aliphatic rings. The van der Waals surface area contributed by atoms with E-state index in [2.05, 4.69) is 45.1 Å². The van der Waals surface area contributed by atoms with Crippen molar-refractivity contribution in [1.29, 1.82) is 0 Å². The van der Waals surface area contributed by atoms with Crippen molar-refractivity contribution in [3.63, 3.8) is 0 Å². The first kappa shape index (κ1) is 54.9. The number of carbonyl (C=O) groups is 3. The molecule has 0 aromatic rings. The maximum Gasteiger partial charge on any atom is 0.306 e. The van der Waals surface area contributed by atoms with Crippen molar-refractivity contribution in [3.05, 3.63) is 24.3 Å². The molecule has 6 heteroatoms. The van der Waals surface area contributed by atoms with Gasteiger partial charge in [0.05, 0.1) is 0 Å². The quantitative estimate of drug-likeness (QED) is 0.0264. The van der Waals surface area contributed by atoms with Crippen molar-refractivity contribution >= 4 is 17.9 Å². The van der Waals surface area contributed by atoms with Gasteiger partial charge in [0.1, 0.15) is 13.2 Å². The number of rotatable bonds is 45. The van der Waals surface area contributed by atoms with Gasteiger partial charge in [0.15, 0.2) is 6.10 Å². The Hall–Kier alpha value is -2.11. The average Bonchev–Trinajstić information content (AvgIpc) is 3.21. The predicted octanol–water partition coefficient (Wildman–Crippen LogP) is 16.0. The number of hydrogen-bond donors (Lipinski definition) is 0. The van der Waals surface area contributed by atoms with E-state index in [1.54, 1.807) is 0 Å². The van der Waals surface area contributed by atoms with E-state index in [4.69, 9.17) is 14.2 Å². The molecule has 0 aromatic heterocycles. The fraction of sp³-hybridized carbons (Fsp3) is 0.863. The Labute approximate surface area is 353 Å². The number of carbonyl (C=O) groups excluding carboxylic acids is 3. The van der Waals surface area contributed by atoms with Gasteiger partial charge in [-0.15, -0.1) is 0 Å². The molecule has 57 heavy (non-hydrogen) atoms. The molecule has 0 bridgehead atoms. The van der Waals surface area contributed by atoms with E-state index in [1.807, 2.05) is 0 Å². The van der Waals surface area contributed by atoms with E-state index in [9.17, 15) is 14.4 Å². The molecule has 0 unspecified atom stereocenters. The second kappa shape index (κ2) is 46.6. The minimum absolute atomic E-state index is 0.0750. The van der Waals surface area contributed by atoms with E-state index < -0.39 is 6.10 Å². The third-order valence-corrected chi connectivity index (χ3v) is 10.9. The molecule has 0 aliphatic heterocycles. The summed E-state index contributed by atoms with van der Waals surface area (Å²) in [7, 11) is 0. The Balaban J connectivity index is 4.35. The molecule has 0 aliphatic carbocycles. The Bertz CT molecular complexity index is 927. The first-order valence-electron chi connectivity index (χ1n) is 24.8.